The first-order chi connectivity index (χ1) is 4.29. The number of fused-ring (bicyclic) bond motifs is 2. The van der Waals surface area contributed by atoms with Crippen molar-refractivity contribution < 1.29 is 24.7 Å². The van der Waals surface area contributed by atoms with Gasteiger partial charge in [0.2, 0.25) is 0 Å². The number of rotatable bonds is 0. The summed E-state index contributed by atoms with van der Waals surface area (Å²) in [5, 5.41) is 3.28. The number of halogens is 3. The second kappa shape index (κ2) is 5.70. The third-order valence-corrected chi connectivity index (χ3v) is 3.20. The molecule has 2 atom stereocenters. The van der Waals surface area contributed by atoms with Crippen LogP contribution in [0.2, 0.25) is 3.12 Å². The number of nitrogens with one attached hydrogen (secondary N) is 1. The van der Waals surface area contributed by atoms with Gasteiger partial charge in [-0.3, -0.25) is 0 Å². The summed E-state index contributed by atoms with van der Waals surface area (Å²) in [5.74, 6) is 0. The third kappa shape index (κ3) is 3.07. The fraction of sp³-hybridized carbons (Fsp3) is 0.429. The summed E-state index contributed by atoms with van der Waals surface area (Å²) in [5.41, 5.74) is 0. The molecule has 5 heteroatoms. The van der Waals surface area contributed by atoms with Crippen LogP contribution in [0.3, 0.4) is 0 Å². The quantitative estimate of drug-likeness (QED) is 0.678. The van der Waals surface area contributed by atoms with Crippen molar-refractivity contribution in [3.63, 3.8) is 0 Å². The van der Waals surface area contributed by atoms with Gasteiger partial charge >= 0.3 is 70.0 Å². The predicted octanol–water partition coefficient (Wildman–Crippen LogP) is 2.40. The molecule has 2 unspecified atom stereocenters. The Balaban J connectivity index is 0. The van der Waals surface area contributed by atoms with E-state index in [0.29, 0.717) is 9.16 Å². The van der Waals surface area contributed by atoms with Crippen molar-refractivity contribution in [3.05, 3.63) is 24.4 Å². The van der Waals surface area contributed by atoms with Gasteiger partial charge in [-0.2, -0.15) is 0 Å². The molecule has 2 rings (SSSR count). The molecule has 0 fully saturated rings. The molecule has 2 aliphatic rings. The Morgan fingerprint density at radius 1 is 1.25 bits per heavy atom. The molecule has 1 aliphatic carbocycles. The summed E-state index contributed by atoms with van der Waals surface area (Å²) in [6.07, 6.45) is 10.2. The maximum atomic E-state index is 3.28. The third-order valence-electron chi connectivity index (χ3n) is 1.87. The number of allylic oxidation sites excluding steroid dienone is 2. The Kier molecular flexibility index (Phi) is 7.36. The summed E-state index contributed by atoms with van der Waals surface area (Å²) >= 11 is 1.61. The Hall–Kier alpha value is 1.03. The second-order valence-corrected chi connectivity index (χ2v) is 5.00. The molecule has 0 saturated carbocycles. The molecule has 12 heavy (non-hydrogen) atoms. The van der Waals surface area contributed by atoms with E-state index in [-0.39, 0.29) is 37.2 Å². The summed E-state index contributed by atoms with van der Waals surface area (Å²) in [7, 11) is 0. The van der Waals surface area contributed by atoms with Gasteiger partial charge in [-0.25, -0.2) is 0 Å². The molecule has 1 heterocycles. The van der Waals surface area contributed by atoms with Crippen molar-refractivity contribution >= 4 is 37.2 Å². The van der Waals surface area contributed by atoms with E-state index in [2.05, 4.69) is 29.7 Å². The maximum absolute atomic E-state index is 3.28. The number of hydrogen-bond acceptors (Lipinski definition) is 1. The topological polar surface area (TPSA) is 12.0 Å². The first kappa shape index (κ1) is 15.5. The zero-order valence-electron chi connectivity index (χ0n) is 6.32. The van der Waals surface area contributed by atoms with Crippen molar-refractivity contribution in [1.82, 2.24) is 5.32 Å². The molecule has 2 bridgehead atoms. The standard InChI is InChI=1S/C7H8N.3ClH.Zr/c1-2-7-5-6(1)3-4-8-7;;;;/h1-4,7-8H,5H2;3*1H;. The molecule has 1 nitrogen and oxygen atoms in total. The van der Waals surface area contributed by atoms with Crippen molar-refractivity contribution in [1.29, 1.82) is 0 Å². The van der Waals surface area contributed by atoms with Crippen molar-refractivity contribution in [2.24, 2.45) is 0 Å². The molecule has 1 N–H and O–H groups in total. The van der Waals surface area contributed by atoms with Gasteiger partial charge in [0.15, 0.2) is 0 Å². The van der Waals surface area contributed by atoms with Gasteiger partial charge in [-0.15, -0.1) is 37.2 Å². The van der Waals surface area contributed by atoms with Crippen molar-refractivity contribution in [3.8, 4) is 0 Å². The summed E-state index contributed by atoms with van der Waals surface area (Å²) < 4.78 is 0.461. The van der Waals surface area contributed by atoms with Crippen LogP contribution in [0.4, 0.5) is 0 Å². The van der Waals surface area contributed by atoms with E-state index in [1.807, 2.05) is 0 Å². The molecule has 0 saturated heterocycles. The van der Waals surface area contributed by atoms with E-state index in [1.54, 1.807) is 24.7 Å². The summed E-state index contributed by atoms with van der Waals surface area (Å²) in [6.45, 7) is 0. The van der Waals surface area contributed by atoms with Gasteiger partial charge in [0.1, 0.15) is 0 Å². The monoisotopic (exact) mass is 304 g/mol. The fourth-order valence-electron chi connectivity index (χ4n) is 1.35. The first-order valence-electron chi connectivity index (χ1n) is 3.17. The van der Waals surface area contributed by atoms with E-state index < -0.39 is 0 Å². The van der Waals surface area contributed by atoms with Crippen LogP contribution in [0.1, 0.15) is 6.42 Å². The normalized spacial score (nSPS) is 33.8. The molecule has 1 aliphatic heterocycles. The van der Waals surface area contributed by atoms with E-state index in [0.717, 1.165) is 0 Å². The molecular weight excluding hydrogens is 296 g/mol. The van der Waals surface area contributed by atoms with Gasteiger partial charge in [0, 0.05) is 0 Å². The van der Waals surface area contributed by atoms with Crippen LogP contribution in [0.5, 0.6) is 0 Å². The van der Waals surface area contributed by atoms with E-state index >= 15 is 0 Å². The minimum atomic E-state index is 0. The van der Waals surface area contributed by atoms with Crippen molar-refractivity contribution in [2.45, 2.75) is 15.6 Å². The van der Waals surface area contributed by atoms with Crippen LogP contribution in [0, 0.1) is 0 Å². The Morgan fingerprint density at radius 3 is 2.42 bits per heavy atom. The Labute approximate surface area is 107 Å². The SMILES string of the molecule is Cl.Cl.Cl.[Zr][C]12C=CNC(C=C1)C2. The van der Waals surface area contributed by atoms with Crippen LogP contribution in [0.25, 0.3) is 0 Å². The molecule has 0 amide bonds. The van der Waals surface area contributed by atoms with Crippen LogP contribution >= 0.6 is 37.2 Å². The predicted molar refractivity (Wildman–Crippen MR) is 54.3 cm³/mol. The fourth-order valence-corrected chi connectivity index (χ4v) is 2.33. The van der Waals surface area contributed by atoms with Crippen LogP contribution < -0.4 is 5.32 Å². The van der Waals surface area contributed by atoms with E-state index in [1.165, 1.54) is 6.42 Å². The molecule has 69 valence electrons. The molecule has 0 aromatic carbocycles. The minimum absolute atomic E-state index is 0. The Morgan fingerprint density at radius 2 is 1.92 bits per heavy atom. The van der Waals surface area contributed by atoms with Gasteiger partial charge < -0.3 is 0 Å². The second-order valence-electron chi connectivity index (χ2n) is 2.71. The average Bonchev–Trinajstić information content (AvgIpc) is 2.07. The van der Waals surface area contributed by atoms with E-state index in [4.69, 9.17) is 0 Å². The van der Waals surface area contributed by atoms with Gasteiger partial charge in [-0.1, -0.05) is 0 Å². The molecule has 0 aromatic rings. The molecule has 0 spiro atoms. The summed E-state index contributed by atoms with van der Waals surface area (Å²) in [6, 6.07) is 0.634. The van der Waals surface area contributed by atoms with Gasteiger partial charge in [0.05, 0.1) is 0 Å². The van der Waals surface area contributed by atoms with Crippen molar-refractivity contribution in [2.75, 3.05) is 0 Å². The van der Waals surface area contributed by atoms with Crippen LogP contribution in [-0.2, 0) is 24.7 Å². The van der Waals surface area contributed by atoms with Crippen LogP contribution in [0.15, 0.2) is 24.4 Å². The molecular formula is C7H11Cl3NZr. The van der Waals surface area contributed by atoms with Crippen LogP contribution in [-0.4, -0.2) is 6.04 Å². The number of hydrogen-bond donors (Lipinski definition) is 1. The summed E-state index contributed by atoms with van der Waals surface area (Å²) in [4.78, 5) is 0. The van der Waals surface area contributed by atoms with Gasteiger partial charge in [-0.05, 0) is 0 Å². The zero-order chi connectivity index (χ0) is 6.32. The molecule has 0 aromatic heterocycles. The Bertz CT molecular complexity index is 191. The van der Waals surface area contributed by atoms with Gasteiger partial charge in [0.25, 0.3) is 0 Å². The molecule has 0 radical (unpaired) electrons. The van der Waals surface area contributed by atoms with E-state index in [9.17, 15) is 0 Å². The average molecular weight is 307 g/mol. The first-order valence-corrected chi connectivity index (χ1v) is 4.40. The zero-order valence-corrected chi connectivity index (χ0v) is 11.2.